The quantitative estimate of drug-likeness (QED) is 0.687. The maximum absolute atomic E-state index is 2.45. The van der Waals surface area contributed by atoms with Crippen LogP contribution in [0.5, 0.6) is 0 Å². The summed E-state index contributed by atoms with van der Waals surface area (Å²) >= 11 is 0. The Kier molecular flexibility index (Phi) is 5.46. The van der Waals surface area contributed by atoms with Crippen LogP contribution < -0.4 is 4.90 Å². The van der Waals surface area contributed by atoms with Crippen molar-refractivity contribution in [3.63, 3.8) is 0 Å². The molecule has 1 aromatic rings. The fraction of sp³-hybridized carbons (Fsp3) is 0.529. The lowest BCUT2D eigenvalue weighted by atomic mass is 10.1. The molecule has 1 unspecified atom stereocenters. The van der Waals surface area contributed by atoms with Crippen LogP contribution in [-0.2, 0) is 0 Å². The Hall–Kier alpha value is -1.24. The molecule has 0 heterocycles. The SMILES string of the molecule is CC=C(C)N(c1ccc(C)c(C)c1)C(C)CCC. The van der Waals surface area contributed by atoms with Crippen LogP contribution in [0.1, 0.15) is 51.7 Å². The number of nitrogens with zero attached hydrogens (tertiary/aromatic N) is 1. The minimum atomic E-state index is 0.549. The first-order valence-corrected chi connectivity index (χ1v) is 7.00. The molecular formula is C17H27N. The van der Waals surface area contributed by atoms with E-state index in [1.54, 1.807) is 0 Å². The van der Waals surface area contributed by atoms with Crippen molar-refractivity contribution in [3.8, 4) is 0 Å². The molecule has 1 rings (SSSR count). The number of benzene rings is 1. The molecule has 0 aromatic heterocycles. The van der Waals surface area contributed by atoms with E-state index in [2.05, 4.69) is 70.7 Å². The van der Waals surface area contributed by atoms with Crippen molar-refractivity contribution in [1.82, 2.24) is 0 Å². The molecular weight excluding hydrogens is 218 g/mol. The summed E-state index contributed by atoms with van der Waals surface area (Å²) in [7, 11) is 0. The summed E-state index contributed by atoms with van der Waals surface area (Å²) in [4.78, 5) is 2.45. The smallest absolute Gasteiger partial charge is 0.0413 e. The van der Waals surface area contributed by atoms with Gasteiger partial charge in [0.2, 0.25) is 0 Å². The summed E-state index contributed by atoms with van der Waals surface area (Å²) in [6, 6.07) is 7.31. The molecule has 1 aromatic carbocycles. The number of anilines is 1. The number of aryl methyl sites for hydroxylation is 2. The third-order valence-corrected chi connectivity index (χ3v) is 3.71. The molecule has 0 fully saturated rings. The normalized spacial score (nSPS) is 13.6. The highest BCUT2D eigenvalue weighted by Crippen LogP contribution is 2.26. The highest BCUT2D eigenvalue weighted by molar-refractivity contribution is 5.55. The molecule has 0 N–H and O–H groups in total. The zero-order valence-electron chi connectivity index (χ0n) is 12.7. The second kappa shape index (κ2) is 6.63. The van der Waals surface area contributed by atoms with Crippen molar-refractivity contribution in [2.45, 2.75) is 60.4 Å². The van der Waals surface area contributed by atoms with E-state index < -0.39 is 0 Å². The van der Waals surface area contributed by atoms with E-state index in [9.17, 15) is 0 Å². The Morgan fingerprint density at radius 3 is 2.44 bits per heavy atom. The van der Waals surface area contributed by atoms with Gasteiger partial charge in [0.1, 0.15) is 0 Å². The third kappa shape index (κ3) is 3.38. The molecule has 0 aliphatic heterocycles. The van der Waals surface area contributed by atoms with Gasteiger partial charge in [0.15, 0.2) is 0 Å². The Balaban J connectivity index is 3.13. The number of allylic oxidation sites excluding steroid dienone is 2. The van der Waals surface area contributed by atoms with E-state index >= 15 is 0 Å². The zero-order valence-corrected chi connectivity index (χ0v) is 12.7. The van der Waals surface area contributed by atoms with Crippen molar-refractivity contribution in [3.05, 3.63) is 41.1 Å². The van der Waals surface area contributed by atoms with Crippen LogP contribution in [0.25, 0.3) is 0 Å². The van der Waals surface area contributed by atoms with Crippen LogP contribution in [0, 0.1) is 13.8 Å². The van der Waals surface area contributed by atoms with E-state index in [1.165, 1.54) is 35.4 Å². The van der Waals surface area contributed by atoms with Crippen molar-refractivity contribution < 1.29 is 0 Å². The Morgan fingerprint density at radius 1 is 1.28 bits per heavy atom. The number of hydrogen-bond acceptors (Lipinski definition) is 1. The summed E-state index contributed by atoms with van der Waals surface area (Å²) in [6.45, 7) is 13.2. The average Bonchev–Trinajstić information content (AvgIpc) is 2.34. The molecule has 0 saturated carbocycles. The first-order chi connectivity index (χ1) is 8.51. The predicted molar refractivity (Wildman–Crippen MR) is 82.2 cm³/mol. The Bertz CT molecular complexity index is 418. The minimum Gasteiger partial charge on any atom is -0.343 e. The Labute approximate surface area is 113 Å². The van der Waals surface area contributed by atoms with Gasteiger partial charge in [0.05, 0.1) is 0 Å². The van der Waals surface area contributed by atoms with Gasteiger partial charge in [-0.25, -0.2) is 0 Å². The van der Waals surface area contributed by atoms with Crippen LogP contribution in [-0.4, -0.2) is 6.04 Å². The lowest BCUT2D eigenvalue weighted by Gasteiger charge is -2.32. The van der Waals surface area contributed by atoms with Crippen molar-refractivity contribution >= 4 is 5.69 Å². The van der Waals surface area contributed by atoms with Gasteiger partial charge < -0.3 is 4.90 Å². The summed E-state index contributed by atoms with van der Waals surface area (Å²) in [5.74, 6) is 0. The molecule has 1 atom stereocenters. The molecule has 100 valence electrons. The maximum atomic E-state index is 2.45. The predicted octanol–water partition coefficient (Wildman–Crippen LogP) is 5.22. The molecule has 1 heteroatoms. The molecule has 0 aliphatic carbocycles. The Morgan fingerprint density at radius 2 is 1.94 bits per heavy atom. The van der Waals surface area contributed by atoms with Gasteiger partial charge in [-0.2, -0.15) is 0 Å². The molecule has 0 radical (unpaired) electrons. The van der Waals surface area contributed by atoms with Gasteiger partial charge in [-0.15, -0.1) is 0 Å². The van der Waals surface area contributed by atoms with E-state index in [0.717, 1.165) is 0 Å². The van der Waals surface area contributed by atoms with Gasteiger partial charge in [0.25, 0.3) is 0 Å². The molecule has 0 spiro atoms. The summed E-state index contributed by atoms with van der Waals surface area (Å²) < 4.78 is 0. The van der Waals surface area contributed by atoms with Crippen LogP contribution in [0.3, 0.4) is 0 Å². The van der Waals surface area contributed by atoms with Gasteiger partial charge in [-0.05, 0) is 64.3 Å². The minimum absolute atomic E-state index is 0.549. The van der Waals surface area contributed by atoms with Crippen LogP contribution >= 0.6 is 0 Å². The van der Waals surface area contributed by atoms with Crippen molar-refractivity contribution in [1.29, 1.82) is 0 Å². The number of rotatable bonds is 5. The highest BCUT2D eigenvalue weighted by Gasteiger charge is 2.15. The molecule has 0 saturated heterocycles. The van der Waals surface area contributed by atoms with E-state index in [0.29, 0.717) is 6.04 Å². The summed E-state index contributed by atoms with van der Waals surface area (Å²) in [5, 5.41) is 0. The van der Waals surface area contributed by atoms with E-state index in [1.807, 2.05) is 0 Å². The van der Waals surface area contributed by atoms with E-state index in [4.69, 9.17) is 0 Å². The average molecular weight is 245 g/mol. The molecule has 0 bridgehead atoms. The fourth-order valence-corrected chi connectivity index (χ4v) is 2.37. The standard InChI is InChI=1S/C17H27N/c1-7-9-16(6)18(15(5)8-2)17-11-10-13(3)14(4)12-17/h8,10-12,16H,7,9H2,1-6H3. The third-order valence-electron chi connectivity index (χ3n) is 3.71. The number of hydrogen-bond donors (Lipinski definition) is 0. The van der Waals surface area contributed by atoms with Crippen molar-refractivity contribution in [2.75, 3.05) is 4.90 Å². The maximum Gasteiger partial charge on any atom is 0.0413 e. The van der Waals surface area contributed by atoms with Crippen molar-refractivity contribution in [2.24, 2.45) is 0 Å². The molecule has 1 nitrogen and oxygen atoms in total. The molecule has 18 heavy (non-hydrogen) atoms. The second-order valence-electron chi connectivity index (χ2n) is 5.21. The topological polar surface area (TPSA) is 3.24 Å². The van der Waals surface area contributed by atoms with Gasteiger partial charge in [-0.3, -0.25) is 0 Å². The van der Waals surface area contributed by atoms with Crippen LogP contribution in [0.15, 0.2) is 30.0 Å². The monoisotopic (exact) mass is 245 g/mol. The van der Waals surface area contributed by atoms with E-state index in [-0.39, 0.29) is 0 Å². The molecule has 0 amide bonds. The lowest BCUT2D eigenvalue weighted by molar-refractivity contribution is 0.617. The van der Waals surface area contributed by atoms with Crippen LogP contribution in [0.2, 0.25) is 0 Å². The molecule has 0 aliphatic rings. The van der Waals surface area contributed by atoms with Gasteiger partial charge >= 0.3 is 0 Å². The van der Waals surface area contributed by atoms with Gasteiger partial charge in [-0.1, -0.05) is 25.5 Å². The fourth-order valence-electron chi connectivity index (χ4n) is 2.37. The highest BCUT2D eigenvalue weighted by atomic mass is 15.2. The first kappa shape index (κ1) is 14.8. The largest absolute Gasteiger partial charge is 0.343 e. The second-order valence-corrected chi connectivity index (χ2v) is 5.21. The lowest BCUT2D eigenvalue weighted by Crippen LogP contribution is -2.31. The van der Waals surface area contributed by atoms with Crippen LogP contribution in [0.4, 0.5) is 5.69 Å². The zero-order chi connectivity index (χ0) is 13.7. The summed E-state index contributed by atoms with van der Waals surface area (Å²) in [6.07, 6.45) is 4.64. The summed E-state index contributed by atoms with van der Waals surface area (Å²) in [5.41, 5.74) is 5.37. The van der Waals surface area contributed by atoms with Gasteiger partial charge in [0, 0.05) is 17.4 Å². The first-order valence-electron chi connectivity index (χ1n) is 7.00.